The number of anilines is 2. The van der Waals surface area contributed by atoms with Gasteiger partial charge in [-0.25, -0.2) is 0 Å². The molecule has 2 aromatic carbocycles. The van der Waals surface area contributed by atoms with Crippen molar-refractivity contribution in [3.63, 3.8) is 0 Å². The van der Waals surface area contributed by atoms with E-state index in [1.54, 1.807) is 0 Å². The maximum atomic E-state index is 11.5. The Balaban J connectivity index is 2.06. The Bertz CT molecular complexity index is 676. The number of carbonyl (C=O) groups is 1. The first-order valence-corrected chi connectivity index (χ1v) is 7.43. The minimum Gasteiger partial charge on any atom is -0.378 e. The van der Waals surface area contributed by atoms with Crippen LogP contribution in [0.25, 0.3) is 12.2 Å². The van der Waals surface area contributed by atoms with Crippen LogP contribution in [0, 0.1) is 0 Å². The van der Waals surface area contributed by atoms with Gasteiger partial charge in [-0.05, 0) is 35.4 Å². The van der Waals surface area contributed by atoms with Gasteiger partial charge in [0.2, 0.25) is 5.91 Å². The van der Waals surface area contributed by atoms with E-state index in [0.29, 0.717) is 0 Å². The van der Waals surface area contributed by atoms with Gasteiger partial charge < -0.3 is 15.0 Å². The van der Waals surface area contributed by atoms with Crippen LogP contribution in [0.1, 0.15) is 11.1 Å². The van der Waals surface area contributed by atoms with Gasteiger partial charge in [-0.1, -0.05) is 36.4 Å². The van der Waals surface area contributed by atoms with E-state index in [9.17, 15) is 4.79 Å². The van der Waals surface area contributed by atoms with Crippen molar-refractivity contribution in [1.29, 1.82) is 0 Å². The Morgan fingerprint density at radius 2 is 1.78 bits per heavy atom. The number of amides is 1. The van der Waals surface area contributed by atoms with Crippen LogP contribution in [0.15, 0.2) is 48.5 Å². The first kappa shape index (κ1) is 16.8. The third-order valence-electron chi connectivity index (χ3n) is 3.32. The van der Waals surface area contributed by atoms with Gasteiger partial charge in [0.25, 0.3) is 0 Å². The maximum Gasteiger partial charge on any atom is 0.250 e. The van der Waals surface area contributed by atoms with Crippen molar-refractivity contribution in [3.05, 3.63) is 59.7 Å². The van der Waals surface area contributed by atoms with Gasteiger partial charge in [0.05, 0.1) is 0 Å². The molecule has 0 bridgehead atoms. The molecule has 2 rings (SSSR count). The Morgan fingerprint density at radius 3 is 2.43 bits per heavy atom. The highest BCUT2D eigenvalue weighted by Crippen LogP contribution is 2.16. The van der Waals surface area contributed by atoms with E-state index in [4.69, 9.17) is 4.74 Å². The van der Waals surface area contributed by atoms with Crippen molar-refractivity contribution in [3.8, 4) is 0 Å². The zero-order chi connectivity index (χ0) is 16.7. The summed E-state index contributed by atoms with van der Waals surface area (Å²) in [4.78, 5) is 13.6. The molecule has 23 heavy (non-hydrogen) atoms. The number of ether oxygens (including phenoxy) is 1. The van der Waals surface area contributed by atoms with Gasteiger partial charge in [-0.3, -0.25) is 4.79 Å². The van der Waals surface area contributed by atoms with Crippen LogP contribution in [0.2, 0.25) is 0 Å². The lowest BCUT2D eigenvalue weighted by Gasteiger charge is -2.11. The molecule has 1 N–H and O–H groups in total. The highest BCUT2D eigenvalue weighted by molar-refractivity contribution is 5.92. The molecule has 1 amide bonds. The molecular weight excluding hydrogens is 288 g/mol. The normalized spacial score (nSPS) is 10.7. The molecule has 0 aliphatic heterocycles. The number of hydrogen-bond acceptors (Lipinski definition) is 3. The number of carbonyl (C=O) groups excluding carboxylic acids is 1. The van der Waals surface area contributed by atoms with E-state index in [0.717, 1.165) is 16.8 Å². The minimum absolute atomic E-state index is 0.0539. The summed E-state index contributed by atoms with van der Waals surface area (Å²) in [5.41, 5.74) is 4.09. The second-order valence-corrected chi connectivity index (χ2v) is 5.43. The van der Waals surface area contributed by atoms with E-state index in [1.165, 1.54) is 12.8 Å². The second-order valence-electron chi connectivity index (χ2n) is 5.43. The molecule has 0 aliphatic rings. The van der Waals surface area contributed by atoms with Crippen molar-refractivity contribution in [2.45, 2.75) is 0 Å². The zero-order valence-corrected chi connectivity index (χ0v) is 13.7. The SMILES string of the molecule is COCC(=O)Nc1cccc(/C=C/c2ccc(N(C)C)cc2)c1. The molecule has 0 aromatic heterocycles. The zero-order valence-electron chi connectivity index (χ0n) is 13.7. The summed E-state index contributed by atoms with van der Waals surface area (Å²) >= 11 is 0. The topological polar surface area (TPSA) is 41.6 Å². The average Bonchev–Trinajstić information content (AvgIpc) is 2.54. The monoisotopic (exact) mass is 310 g/mol. The Morgan fingerprint density at radius 1 is 1.09 bits per heavy atom. The first-order chi connectivity index (χ1) is 11.1. The van der Waals surface area contributed by atoms with Gasteiger partial charge >= 0.3 is 0 Å². The van der Waals surface area contributed by atoms with E-state index in [2.05, 4.69) is 40.6 Å². The Hall–Kier alpha value is -2.59. The largest absolute Gasteiger partial charge is 0.378 e. The second kappa shape index (κ2) is 8.15. The van der Waals surface area contributed by atoms with Crippen molar-refractivity contribution < 1.29 is 9.53 Å². The molecule has 0 heterocycles. The standard InChI is InChI=1S/C19H22N2O2/c1-21(2)18-11-9-15(10-12-18)7-8-16-5-4-6-17(13-16)20-19(22)14-23-3/h4-13H,14H2,1-3H3,(H,20,22)/b8-7+. The molecule has 0 radical (unpaired) electrons. The van der Waals surface area contributed by atoms with E-state index >= 15 is 0 Å². The van der Waals surface area contributed by atoms with Gasteiger partial charge in [0.1, 0.15) is 6.61 Å². The third kappa shape index (κ3) is 5.27. The highest BCUT2D eigenvalue weighted by atomic mass is 16.5. The number of rotatable bonds is 6. The van der Waals surface area contributed by atoms with Crippen LogP contribution >= 0.6 is 0 Å². The Kier molecular flexibility index (Phi) is 5.94. The fourth-order valence-corrected chi connectivity index (χ4v) is 2.12. The number of nitrogens with zero attached hydrogens (tertiary/aromatic N) is 1. The van der Waals surface area contributed by atoms with Crippen LogP contribution in [0.5, 0.6) is 0 Å². The molecular formula is C19H22N2O2. The Labute approximate surface area is 137 Å². The fourth-order valence-electron chi connectivity index (χ4n) is 2.12. The lowest BCUT2D eigenvalue weighted by Crippen LogP contribution is -2.16. The van der Waals surface area contributed by atoms with Crippen molar-refractivity contribution >= 4 is 29.4 Å². The van der Waals surface area contributed by atoms with Crippen molar-refractivity contribution in [2.24, 2.45) is 0 Å². The summed E-state index contributed by atoms with van der Waals surface area (Å²) in [6.45, 7) is 0.0539. The fraction of sp³-hybridized carbons (Fsp3) is 0.211. The lowest BCUT2D eigenvalue weighted by molar-refractivity contribution is -0.119. The van der Waals surface area contributed by atoms with Crippen LogP contribution < -0.4 is 10.2 Å². The van der Waals surface area contributed by atoms with Crippen LogP contribution in [-0.2, 0) is 9.53 Å². The molecule has 0 saturated carbocycles. The molecule has 2 aromatic rings. The van der Waals surface area contributed by atoms with Crippen LogP contribution in [0.4, 0.5) is 11.4 Å². The average molecular weight is 310 g/mol. The lowest BCUT2D eigenvalue weighted by atomic mass is 10.1. The summed E-state index contributed by atoms with van der Waals surface area (Å²) in [5.74, 6) is -0.159. The quantitative estimate of drug-likeness (QED) is 0.830. The van der Waals surface area contributed by atoms with E-state index in [-0.39, 0.29) is 12.5 Å². The van der Waals surface area contributed by atoms with E-state index < -0.39 is 0 Å². The predicted octanol–water partition coefficient (Wildman–Crippen LogP) is 3.51. The summed E-state index contributed by atoms with van der Waals surface area (Å²) in [7, 11) is 5.54. The molecule has 0 spiro atoms. The predicted molar refractivity (Wildman–Crippen MR) is 96.6 cm³/mol. The first-order valence-electron chi connectivity index (χ1n) is 7.43. The summed E-state index contributed by atoms with van der Waals surface area (Å²) in [6.07, 6.45) is 4.08. The number of nitrogens with one attached hydrogen (secondary N) is 1. The number of benzene rings is 2. The van der Waals surface area contributed by atoms with Gasteiger partial charge in [0.15, 0.2) is 0 Å². The summed E-state index contributed by atoms with van der Waals surface area (Å²) in [6, 6.07) is 16.0. The van der Waals surface area contributed by atoms with E-state index in [1.807, 2.05) is 44.4 Å². The molecule has 0 atom stereocenters. The summed E-state index contributed by atoms with van der Waals surface area (Å²) < 4.78 is 4.81. The molecule has 120 valence electrons. The summed E-state index contributed by atoms with van der Waals surface area (Å²) in [5, 5.41) is 2.80. The van der Waals surface area contributed by atoms with Gasteiger partial charge in [-0.2, -0.15) is 0 Å². The molecule has 4 nitrogen and oxygen atoms in total. The van der Waals surface area contributed by atoms with Gasteiger partial charge in [-0.15, -0.1) is 0 Å². The number of hydrogen-bond donors (Lipinski definition) is 1. The highest BCUT2D eigenvalue weighted by Gasteiger charge is 2.01. The smallest absolute Gasteiger partial charge is 0.250 e. The number of methoxy groups -OCH3 is 1. The molecule has 0 saturated heterocycles. The molecule has 0 aliphatic carbocycles. The van der Waals surface area contributed by atoms with Crippen LogP contribution in [-0.4, -0.2) is 33.7 Å². The van der Waals surface area contributed by atoms with Crippen molar-refractivity contribution in [1.82, 2.24) is 0 Å². The van der Waals surface area contributed by atoms with Crippen LogP contribution in [0.3, 0.4) is 0 Å². The molecule has 0 unspecified atom stereocenters. The van der Waals surface area contributed by atoms with Crippen molar-refractivity contribution in [2.75, 3.05) is 38.0 Å². The maximum absolute atomic E-state index is 11.5. The third-order valence-corrected chi connectivity index (χ3v) is 3.32. The van der Waals surface area contributed by atoms with Gasteiger partial charge in [0, 0.05) is 32.6 Å². The molecule has 0 fully saturated rings. The minimum atomic E-state index is -0.159. The molecule has 4 heteroatoms.